The van der Waals surface area contributed by atoms with Gasteiger partial charge in [0.15, 0.2) is 0 Å². The summed E-state index contributed by atoms with van der Waals surface area (Å²) in [5.41, 5.74) is 2.21. The number of rotatable bonds is 1. The Hall–Kier alpha value is -0.540. The maximum atomic E-state index is 11.7. The van der Waals surface area contributed by atoms with E-state index >= 15 is 0 Å². The Morgan fingerprint density at radius 2 is 2.33 bits per heavy atom. The predicted octanol–water partition coefficient (Wildman–Crippen LogP) is 2.97. The van der Waals surface area contributed by atoms with Crippen LogP contribution in [0.4, 0.5) is 5.69 Å². The third kappa shape index (κ3) is 2.04. The molecule has 4 heteroatoms. The minimum atomic E-state index is -0.0236. The molecule has 1 aliphatic rings. The van der Waals surface area contributed by atoms with Crippen LogP contribution < -0.4 is 4.90 Å². The molecule has 0 aliphatic carbocycles. The van der Waals surface area contributed by atoms with Crippen molar-refractivity contribution in [2.45, 2.75) is 12.8 Å². The summed E-state index contributed by atoms with van der Waals surface area (Å²) in [5, 5.41) is 0. The number of amides is 1. The van der Waals surface area contributed by atoms with Crippen LogP contribution in [0, 0.1) is 0 Å². The standard InChI is InChI=1S/C11H11BrClNO/c12-9-5-1-3-8-4-2-6-14(11(8)9)10(15)7-13/h1,3,5H,2,4,6-7H2. The van der Waals surface area contributed by atoms with Crippen molar-refractivity contribution in [3.63, 3.8) is 0 Å². The zero-order chi connectivity index (χ0) is 10.8. The average Bonchev–Trinajstić information content (AvgIpc) is 2.28. The summed E-state index contributed by atoms with van der Waals surface area (Å²) < 4.78 is 0.971. The van der Waals surface area contributed by atoms with E-state index in [9.17, 15) is 4.79 Å². The number of carbonyl (C=O) groups is 1. The second-order valence-corrected chi connectivity index (χ2v) is 4.65. The number of hydrogen-bond donors (Lipinski definition) is 0. The van der Waals surface area contributed by atoms with Crippen LogP contribution in [0.1, 0.15) is 12.0 Å². The summed E-state index contributed by atoms with van der Waals surface area (Å²) in [6.45, 7) is 0.765. The second-order valence-electron chi connectivity index (χ2n) is 3.53. The van der Waals surface area contributed by atoms with E-state index in [1.54, 1.807) is 4.90 Å². The van der Waals surface area contributed by atoms with E-state index < -0.39 is 0 Å². The van der Waals surface area contributed by atoms with Gasteiger partial charge in [0.05, 0.1) is 5.69 Å². The van der Waals surface area contributed by atoms with E-state index in [0.29, 0.717) is 0 Å². The topological polar surface area (TPSA) is 20.3 Å². The van der Waals surface area contributed by atoms with E-state index in [-0.39, 0.29) is 11.8 Å². The highest BCUT2D eigenvalue weighted by molar-refractivity contribution is 9.10. The number of alkyl halides is 1. The summed E-state index contributed by atoms with van der Waals surface area (Å²) in [4.78, 5) is 13.4. The third-order valence-corrected chi connectivity index (χ3v) is 3.45. The molecule has 1 heterocycles. The van der Waals surface area contributed by atoms with Gasteiger partial charge in [-0.2, -0.15) is 0 Å². The molecule has 0 saturated heterocycles. The molecule has 0 radical (unpaired) electrons. The molecule has 0 spiro atoms. The van der Waals surface area contributed by atoms with E-state index in [0.717, 1.165) is 29.5 Å². The Morgan fingerprint density at radius 1 is 1.53 bits per heavy atom. The Bertz CT molecular complexity index is 394. The number of anilines is 1. The molecule has 80 valence electrons. The lowest BCUT2D eigenvalue weighted by molar-refractivity contribution is -0.116. The highest BCUT2D eigenvalue weighted by Gasteiger charge is 2.23. The first-order valence-corrected chi connectivity index (χ1v) is 6.20. The molecule has 15 heavy (non-hydrogen) atoms. The molecule has 0 aromatic heterocycles. The van der Waals surface area contributed by atoms with Crippen molar-refractivity contribution in [3.8, 4) is 0 Å². The number of hydrogen-bond acceptors (Lipinski definition) is 1. The molecular formula is C11H11BrClNO. The Labute approximate surface area is 102 Å². The van der Waals surface area contributed by atoms with Gasteiger partial charge in [0, 0.05) is 11.0 Å². The molecule has 0 saturated carbocycles. The van der Waals surface area contributed by atoms with E-state index in [2.05, 4.69) is 22.0 Å². The van der Waals surface area contributed by atoms with E-state index in [1.165, 1.54) is 5.56 Å². The summed E-state index contributed by atoms with van der Waals surface area (Å²) >= 11 is 9.08. The van der Waals surface area contributed by atoms with Gasteiger partial charge in [-0.15, -0.1) is 11.6 Å². The molecule has 0 fully saturated rings. The van der Waals surface area contributed by atoms with E-state index in [4.69, 9.17) is 11.6 Å². The zero-order valence-electron chi connectivity index (χ0n) is 8.17. The average molecular weight is 289 g/mol. The van der Waals surface area contributed by atoms with Crippen LogP contribution in [0.3, 0.4) is 0 Å². The first kappa shape index (κ1) is 11.0. The number of benzene rings is 1. The fourth-order valence-electron chi connectivity index (χ4n) is 1.92. The van der Waals surface area contributed by atoms with Crippen molar-refractivity contribution in [2.75, 3.05) is 17.3 Å². The Kier molecular flexibility index (Phi) is 3.32. The van der Waals surface area contributed by atoms with Crippen LogP contribution in [0.5, 0.6) is 0 Å². The molecular weight excluding hydrogens is 277 g/mol. The molecule has 2 rings (SSSR count). The highest BCUT2D eigenvalue weighted by atomic mass is 79.9. The minimum Gasteiger partial charge on any atom is -0.310 e. The molecule has 1 aliphatic heterocycles. The summed E-state index contributed by atoms with van der Waals surface area (Å²) in [7, 11) is 0. The molecule has 0 bridgehead atoms. The van der Waals surface area contributed by atoms with Crippen LogP contribution in [0.2, 0.25) is 0 Å². The number of carbonyl (C=O) groups excluding carboxylic acids is 1. The Balaban J connectivity index is 2.45. The van der Waals surface area contributed by atoms with Crippen molar-refractivity contribution >= 4 is 39.1 Å². The van der Waals surface area contributed by atoms with Gasteiger partial charge in [-0.25, -0.2) is 0 Å². The fraction of sp³-hybridized carbons (Fsp3) is 0.364. The first-order chi connectivity index (χ1) is 7.24. The molecule has 0 unspecified atom stereocenters. The van der Waals surface area contributed by atoms with Crippen molar-refractivity contribution in [2.24, 2.45) is 0 Å². The van der Waals surface area contributed by atoms with Crippen molar-refractivity contribution in [3.05, 3.63) is 28.2 Å². The summed E-state index contributed by atoms with van der Waals surface area (Å²) in [6, 6.07) is 6.02. The first-order valence-electron chi connectivity index (χ1n) is 4.87. The van der Waals surface area contributed by atoms with Gasteiger partial charge < -0.3 is 4.90 Å². The van der Waals surface area contributed by atoms with Crippen molar-refractivity contribution in [1.82, 2.24) is 0 Å². The molecule has 1 aromatic carbocycles. The lowest BCUT2D eigenvalue weighted by Crippen LogP contribution is -2.36. The number of nitrogens with zero attached hydrogens (tertiary/aromatic N) is 1. The number of aryl methyl sites for hydroxylation is 1. The quantitative estimate of drug-likeness (QED) is 0.728. The predicted molar refractivity (Wildman–Crippen MR) is 65.5 cm³/mol. The third-order valence-electron chi connectivity index (χ3n) is 2.58. The zero-order valence-corrected chi connectivity index (χ0v) is 10.5. The number of halogens is 2. The molecule has 0 N–H and O–H groups in total. The van der Waals surface area contributed by atoms with Gasteiger partial charge in [-0.3, -0.25) is 4.79 Å². The van der Waals surface area contributed by atoms with Gasteiger partial charge in [-0.05, 0) is 40.4 Å². The molecule has 0 atom stereocenters. The fourth-order valence-corrected chi connectivity index (χ4v) is 2.69. The van der Waals surface area contributed by atoms with Gasteiger partial charge in [0.25, 0.3) is 0 Å². The number of fused-ring (bicyclic) bond motifs is 1. The minimum absolute atomic E-state index is 0.0236. The Morgan fingerprint density at radius 3 is 3.07 bits per heavy atom. The normalized spacial score (nSPS) is 14.9. The highest BCUT2D eigenvalue weighted by Crippen LogP contribution is 2.34. The van der Waals surface area contributed by atoms with Crippen LogP contribution in [0.25, 0.3) is 0 Å². The summed E-state index contributed by atoms with van der Waals surface area (Å²) in [6.07, 6.45) is 2.03. The smallest absolute Gasteiger partial charge is 0.241 e. The lowest BCUT2D eigenvalue weighted by Gasteiger charge is -2.30. The van der Waals surface area contributed by atoms with Crippen molar-refractivity contribution < 1.29 is 4.79 Å². The molecule has 2 nitrogen and oxygen atoms in total. The maximum absolute atomic E-state index is 11.7. The van der Waals surface area contributed by atoms with E-state index in [1.807, 2.05) is 12.1 Å². The van der Waals surface area contributed by atoms with Gasteiger partial charge in [0.2, 0.25) is 5.91 Å². The monoisotopic (exact) mass is 287 g/mol. The van der Waals surface area contributed by atoms with Crippen LogP contribution >= 0.6 is 27.5 Å². The van der Waals surface area contributed by atoms with Gasteiger partial charge >= 0.3 is 0 Å². The molecule has 1 amide bonds. The largest absolute Gasteiger partial charge is 0.310 e. The van der Waals surface area contributed by atoms with Crippen LogP contribution in [-0.2, 0) is 11.2 Å². The number of para-hydroxylation sites is 1. The maximum Gasteiger partial charge on any atom is 0.241 e. The molecule has 1 aromatic rings. The van der Waals surface area contributed by atoms with Gasteiger partial charge in [0.1, 0.15) is 5.88 Å². The van der Waals surface area contributed by atoms with Crippen LogP contribution in [0.15, 0.2) is 22.7 Å². The second kappa shape index (κ2) is 4.54. The van der Waals surface area contributed by atoms with Gasteiger partial charge in [-0.1, -0.05) is 12.1 Å². The summed E-state index contributed by atoms with van der Waals surface area (Å²) in [5.74, 6) is 0.0188. The van der Waals surface area contributed by atoms with Crippen molar-refractivity contribution in [1.29, 1.82) is 0 Å². The van der Waals surface area contributed by atoms with Crippen LogP contribution in [-0.4, -0.2) is 18.3 Å². The SMILES string of the molecule is O=C(CCl)N1CCCc2cccc(Br)c21. The lowest BCUT2D eigenvalue weighted by atomic mass is 10.0.